The first-order valence-corrected chi connectivity index (χ1v) is 12.6. The van der Waals surface area contributed by atoms with Gasteiger partial charge in [-0.15, -0.1) is 0 Å². The maximum Gasteiger partial charge on any atom is 0.255 e. The molecule has 34 heavy (non-hydrogen) atoms. The number of nitrogens with one attached hydrogen (secondary N) is 1. The SMILES string of the molecule is CN1CCC(N(C)C(=O)c2ccccc2N2CCC(NC(=O)c3ccc(Cl)c(Cl)c3)CC2)CC1. The van der Waals surface area contributed by atoms with Gasteiger partial charge in [-0.1, -0.05) is 35.3 Å². The lowest BCUT2D eigenvalue weighted by Gasteiger charge is -2.37. The molecule has 2 fully saturated rings. The van der Waals surface area contributed by atoms with Crippen molar-refractivity contribution in [1.82, 2.24) is 15.1 Å². The molecule has 2 saturated heterocycles. The Bertz CT molecular complexity index is 1030. The van der Waals surface area contributed by atoms with E-state index in [0.717, 1.165) is 63.1 Å². The number of nitrogens with zero attached hydrogens (tertiary/aromatic N) is 3. The number of benzene rings is 2. The van der Waals surface area contributed by atoms with E-state index in [0.29, 0.717) is 15.6 Å². The lowest BCUT2D eigenvalue weighted by atomic mass is 10.0. The van der Waals surface area contributed by atoms with E-state index in [4.69, 9.17) is 23.2 Å². The van der Waals surface area contributed by atoms with Gasteiger partial charge in [0.1, 0.15) is 0 Å². The number of amides is 2. The second kappa shape index (κ2) is 11.0. The van der Waals surface area contributed by atoms with Gasteiger partial charge in [0.15, 0.2) is 0 Å². The van der Waals surface area contributed by atoms with Crippen LogP contribution in [0.25, 0.3) is 0 Å². The van der Waals surface area contributed by atoms with E-state index < -0.39 is 0 Å². The van der Waals surface area contributed by atoms with Gasteiger partial charge in [-0.3, -0.25) is 9.59 Å². The molecule has 8 heteroatoms. The Morgan fingerprint density at radius 1 is 0.941 bits per heavy atom. The van der Waals surface area contributed by atoms with Gasteiger partial charge in [0, 0.05) is 43.5 Å². The largest absolute Gasteiger partial charge is 0.371 e. The van der Waals surface area contributed by atoms with Crippen LogP contribution in [0.5, 0.6) is 0 Å². The summed E-state index contributed by atoms with van der Waals surface area (Å²) in [6.07, 6.45) is 3.62. The number of rotatable bonds is 5. The molecule has 0 atom stereocenters. The topological polar surface area (TPSA) is 55.9 Å². The maximum absolute atomic E-state index is 13.4. The van der Waals surface area contributed by atoms with Crippen molar-refractivity contribution in [2.75, 3.05) is 45.2 Å². The maximum atomic E-state index is 13.4. The van der Waals surface area contributed by atoms with Crippen molar-refractivity contribution in [2.45, 2.75) is 37.8 Å². The van der Waals surface area contributed by atoms with E-state index in [1.165, 1.54) is 0 Å². The summed E-state index contributed by atoms with van der Waals surface area (Å²) in [5.41, 5.74) is 2.23. The predicted octanol–water partition coefficient (Wildman–Crippen LogP) is 4.56. The van der Waals surface area contributed by atoms with Crippen molar-refractivity contribution in [3.05, 3.63) is 63.6 Å². The highest BCUT2D eigenvalue weighted by Gasteiger charge is 2.28. The van der Waals surface area contributed by atoms with Crippen LogP contribution in [-0.2, 0) is 0 Å². The number of carbonyl (C=O) groups is 2. The fourth-order valence-corrected chi connectivity index (χ4v) is 5.14. The zero-order valence-electron chi connectivity index (χ0n) is 19.8. The zero-order chi connectivity index (χ0) is 24.2. The number of hydrogen-bond acceptors (Lipinski definition) is 4. The van der Waals surface area contributed by atoms with Crippen LogP contribution in [0.3, 0.4) is 0 Å². The fourth-order valence-electron chi connectivity index (χ4n) is 4.84. The number of anilines is 1. The minimum absolute atomic E-state index is 0.0722. The molecular formula is C26H32Cl2N4O2. The summed E-state index contributed by atoms with van der Waals surface area (Å²) in [6, 6.07) is 13.1. The van der Waals surface area contributed by atoms with Crippen molar-refractivity contribution >= 4 is 40.7 Å². The molecule has 0 bridgehead atoms. The Hall–Kier alpha value is -2.28. The van der Waals surface area contributed by atoms with E-state index in [2.05, 4.69) is 22.2 Å². The molecule has 0 spiro atoms. The Labute approximate surface area is 211 Å². The van der Waals surface area contributed by atoms with E-state index in [1.54, 1.807) is 18.2 Å². The molecule has 2 amide bonds. The average Bonchev–Trinajstić information content (AvgIpc) is 2.85. The average molecular weight is 503 g/mol. The van der Waals surface area contributed by atoms with Crippen LogP contribution in [0.1, 0.15) is 46.4 Å². The molecule has 182 valence electrons. The summed E-state index contributed by atoms with van der Waals surface area (Å²) in [4.78, 5) is 32.6. The minimum Gasteiger partial charge on any atom is -0.371 e. The molecule has 0 unspecified atom stereocenters. The first-order chi connectivity index (χ1) is 16.3. The van der Waals surface area contributed by atoms with Crippen molar-refractivity contribution in [2.24, 2.45) is 0 Å². The monoisotopic (exact) mass is 502 g/mol. The third-order valence-electron chi connectivity index (χ3n) is 7.04. The summed E-state index contributed by atoms with van der Waals surface area (Å²) in [5, 5.41) is 3.91. The first kappa shape index (κ1) is 24.8. The molecule has 2 heterocycles. The summed E-state index contributed by atoms with van der Waals surface area (Å²) in [5.74, 6) is -0.0625. The molecule has 0 radical (unpaired) electrons. The van der Waals surface area contributed by atoms with Crippen molar-refractivity contribution in [1.29, 1.82) is 0 Å². The van der Waals surface area contributed by atoms with Gasteiger partial charge in [0.2, 0.25) is 0 Å². The van der Waals surface area contributed by atoms with E-state index in [1.807, 2.05) is 36.2 Å². The summed E-state index contributed by atoms with van der Waals surface area (Å²) >= 11 is 12.0. The molecule has 0 aliphatic carbocycles. The molecule has 6 nitrogen and oxygen atoms in total. The summed E-state index contributed by atoms with van der Waals surface area (Å²) in [6.45, 7) is 3.58. The number of para-hydroxylation sites is 1. The highest BCUT2D eigenvalue weighted by Crippen LogP contribution is 2.27. The highest BCUT2D eigenvalue weighted by atomic mass is 35.5. The lowest BCUT2D eigenvalue weighted by molar-refractivity contribution is 0.0660. The Kier molecular flexibility index (Phi) is 8.02. The van der Waals surface area contributed by atoms with Crippen molar-refractivity contribution < 1.29 is 9.59 Å². The lowest BCUT2D eigenvalue weighted by Crippen LogP contribution is -2.46. The standard InChI is InChI=1S/C26H32Cl2N4O2/c1-30-13-11-20(12-14-30)31(2)26(34)21-5-3-4-6-24(21)32-15-9-19(10-16-32)29-25(33)18-7-8-22(27)23(28)17-18/h3-8,17,19-20H,9-16H2,1-2H3,(H,29,33). The number of likely N-dealkylation sites (tertiary alicyclic amines) is 1. The molecular weight excluding hydrogens is 471 g/mol. The highest BCUT2D eigenvalue weighted by molar-refractivity contribution is 6.42. The summed E-state index contributed by atoms with van der Waals surface area (Å²) in [7, 11) is 4.06. The van der Waals surface area contributed by atoms with Gasteiger partial charge < -0.3 is 20.0 Å². The van der Waals surface area contributed by atoms with Crippen LogP contribution in [0, 0.1) is 0 Å². The second-order valence-electron chi connectivity index (χ2n) is 9.33. The van der Waals surface area contributed by atoms with E-state index in [9.17, 15) is 9.59 Å². The van der Waals surface area contributed by atoms with Crippen molar-refractivity contribution in [3.63, 3.8) is 0 Å². The fraction of sp³-hybridized carbons (Fsp3) is 0.462. The third-order valence-corrected chi connectivity index (χ3v) is 7.78. The number of carbonyl (C=O) groups excluding carboxylic acids is 2. The van der Waals surface area contributed by atoms with Crippen LogP contribution in [0.4, 0.5) is 5.69 Å². The Morgan fingerprint density at radius 3 is 2.29 bits per heavy atom. The first-order valence-electron chi connectivity index (χ1n) is 11.9. The second-order valence-corrected chi connectivity index (χ2v) is 10.1. The van der Waals surface area contributed by atoms with Gasteiger partial charge in [0.25, 0.3) is 11.8 Å². The van der Waals surface area contributed by atoms with Gasteiger partial charge in [-0.05, 0) is 76.2 Å². The van der Waals surface area contributed by atoms with Crippen LogP contribution >= 0.6 is 23.2 Å². The molecule has 1 N–H and O–H groups in total. The van der Waals surface area contributed by atoms with Crippen molar-refractivity contribution in [3.8, 4) is 0 Å². The number of halogens is 2. The molecule has 4 rings (SSSR count). The van der Waals surface area contributed by atoms with E-state index in [-0.39, 0.29) is 23.9 Å². The number of piperidine rings is 2. The van der Waals surface area contributed by atoms with Crippen LogP contribution in [0.2, 0.25) is 10.0 Å². The van der Waals surface area contributed by atoms with Gasteiger partial charge in [0.05, 0.1) is 15.6 Å². The van der Waals surface area contributed by atoms with Crippen LogP contribution < -0.4 is 10.2 Å². The Morgan fingerprint density at radius 2 is 1.62 bits per heavy atom. The quantitative estimate of drug-likeness (QED) is 0.650. The van der Waals surface area contributed by atoms with Gasteiger partial charge in [-0.25, -0.2) is 0 Å². The molecule has 0 aromatic heterocycles. The van der Waals surface area contributed by atoms with Gasteiger partial charge >= 0.3 is 0 Å². The molecule has 0 saturated carbocycles. The smallest absolute Gasteiger partial charge is 0.255 e. The molecule has 2 aromatic rings. The number of hydrogen-bond donors (Lipinski definition) is 1. The van der Waals surface area contributed by atoms with E-state index >= 15 is 0 Å². The molecule has 2 aliphatic heterocycles. The molecule has 2 aromatic carbocycles. The summed E-state index contributed by atoms with van der Waals surface area (Å²) < 4.78 is 0. The molecule has 2 aliphatic rings. The van der Waals surface area contributed by atoms with Crippen LogP contribution in [-0.4, -0.2) is 74.0 Å². The zero-order valence-corrected chi connectivity index (χ0v) is 21.3. The minimum atomic E-state index is -0.146. The third kappa shape index (κ3) is 5.68. The van der Waals surface area contributed by atoms with Gasteiger partial charge in [-0.2, -0.15) is 0 Å². The predicted molar refractivity (Wildman–Crippen MR) is 138 cm³/mol. The normalized spacial score (nSPS) is 18.1. The van der Waals surface area contributed by atoms with Crippen LogP contribution in [0.15, 0.2) is 42.5 Å². The Balaban J connectivity index is 1.37.